The SMILES string of the molecule is CCCCC.Cc1cccc(-c2ccc(CNCCCP(=O)(O)O)cc2)c1. The normalized spacial score (nSPS) is 11.0. The van der Waals surface area contributed by atoms with Crippen LogP contribution in [0.25, 0.3) is 11.1 Å². The Kier molecular flexibility index (Phi) is 11.2. The molecule has 150 valence electrons. The number of unbranched alkanes of at least 4 members (excludes halogenated alkanes) is 2. The smallest absolute Gasteiger partial charge is 0.324 e. The lowest BCUT2D eigenvalue weighted by molar-refractivity contribution is 0.371. The van der Waals surface area contributed by atoms with Crippen molar-refractivity contribution in [3.8, 4) is 11.1 Å². The molecule has 0 amide bonds. The molecule has 0 saturated carbocycles. The maximum absolute atomic E-state index is 10.7. The summed E-state index contributed by atoms with van der Waals surface area (Å²) < 4.78 is 10.7. The molecule has 0 radical (unpaired) electrons. The van der Waals surface area contributed by atoms with E-state index in [1.165, 1.54) is 36.0 Å². The Labute approximate surface area is 164 Å². The van der Waals surface area contributed by atoms with Crippen LogP contribution in [0.3, 0.4) is 0 Å². The average molecular weight is 391 g/mol. The molecule has 0 heterocycles. The van der Waals surface area contributed by atoms with E-state index in [2.05, 4.69) is 74.6 Å². The fourth-order valence-corrected chi connectivity index (χ4v) is 3.21. The minimum Gasteiger partial charge on any atom is -0.324 e. The van der Waals surface area contributed by atoms with Crippen molar-refractivity contribution in [2.45, 2.75) is 53.0 Å². The van der Waals surface area contributed by atoms with Gasteiger partial charge < -0.3 is 15.1 Å². The van der Waals surface area contributed by atoms with E-state index in [9.17, 15) is 4.57 Å². The minimum absolute atomic E-state index is 0.0632. The maximum Gasteiger partial charge on any atom is 0.325 e. The first kappa shape index (κ1) is 23.6. The van der Waals surface area contributed by atoms with E-state index in [1.807, 2.05) is 0 Å². The van der Waals surface area contributed by atoms with Gasteiger partial charge in [0, 0.05) is 6.54 Å². The summed E-state index contributed by atoms with van der Waals surface area (Å²) in [6, 6.07) is 16.8. The fraction of sp³-hybridized carbons (Fsp3) is 0.455. The fourth-order valence-electron chi connectivity index (χ4n) is 2.64. The van der Waals surface area contributed by atoms with Crippen LogP contribution in [-0.2, 0) is 11.1 Å². The third-order valence-corrected chi connectivity index (χ3v) is 5.04. The van der Waals surface area contributed by atoms with Gasteiger partial charge in [0.1, 0.15) is 0 Å². The molecule has 0 aliphatic heterocycles. The van der Waals surface area contributed by atoms with Crippen molar-refractivity contribution >= 4 is 7.60 Å². The molecule has 2 aromatic rings. The molecule has 4 nitrogen and oxygen atoms in total. The monoisotopic (exact) mass is 391 g/mol. The first-order valence-corrected chi connectivity index (χ1v) is 11.6. The van der Waals surface area contributed by atoms with Gasteiger partial charge in [-0.25, -0.2) is 0 Å². The lowest BCUT2D eigenvalue weighted by Gasteiger charge is -2.08. The standard InChI is InChI=1S/C17H22NO3P.C5H12/c1-14-4-2-5-17(12-14)16-8-6-15(7-9-16)13-18-10-3-11-22(19,20)21;1-3-5-4-2/h2,4-9,12,18H,3,10-11,13H2,1H3,(H2,19,20,21);3-5H2,1-2H3. The molecule has 0 atom stereocenters. The quantitative estimate of drug-likeness (QED) is 0.389. The summed E-state index contributed by atoms with van der Waals surface area (Å²) in [6.07, 6.45) is 4.49. The Morgan fingerprint density at radius 3 is 2.11 bits per heavy atom. The molecule has 0 spiro atoms. The van der Waals surface area contributed by atoms with Crippen molar-refractivity contribution in [3.63, 3.8) is 0 Å². The van der Waals surface area contributed by atoms with E-state index in [0.717, 1.165) is 5.56 Å². The van der Waals surface area contributed by atoms with Gasteiger partial charge in [0.2, 0.25) is 0 Å². The second-order valence-corrected chi connectivity index (χ2v) is 8.62. The van der Waals surface area contributed by atoms with Crippen LogP contribution in [0.5, 0.6) is 0 Å². The van der Waals surface area contributed by atoms with Crippen LogP contribution in [-0.4, -0.2) is 22.5 Å². The summed E-state index contributed by atoms with van der Waals surface area (Å²) in [6.45, 7) is 7.81. The average Bonchev–Trinajstić information content (AvgIpc) is 2.62. The summed E-state index contributed by atoms with van der Waals surface area (Å²) >= 11 is 0. The van der Waals surface area contributed by atoms with E-state index >= 15 is 0 Å². The van der Waals surface area contributed by atoms with Gasteiger partial charge in [-0.15, -0.1) is 0 Å². The third kappa shape index (κ3) is 11.1. The van der Waals surface area contributed by atoms with Crippen molar-refractivity contribution < 1.29 is 14.4 Å². The van der Waals surface area contributed by atoms with E-state index in [0.29, 0.717) is 19.5 Å². The van der Waals surface area contributed by atoms with E-state index in [1.54, 1.807) is 0 Å². The molecule has 27 heavy (non-hydrogen) atoms. The molecule has 0 saturated heterocycles. The van der Waals surface area contributed by atoms with Crippen LogP contribution in [0.4, 0.5) is 0 Å². The Bertz CT molecular complexity index is 693. The summed E-state index contributed by atoms with van der Waals surface area (Å²) in [4.78, 5) is 17.6. The third-order valence-electron chi connectivity index (χ3n) is 4.14. The van der Waals surface area contributed by atoms with Crippen LogP contribution in [0.1, 0.15) is 50.7 Å². The summed E-state index contributed by atoms with van der Waals surface area (Å²) in [5.41, 5.74) is 4.80. The molecule has 3 N–H and O–H groups in total. The molecule has 5 heteroatoms. The maximum atomic E-state index is 10.7. The van der Waals surface area contributed by atoms with Crippen LogP contribution in [0.15, 0.2) is 48.5 Å². The van der Waals surface area contributed by atoms with Gasteiger partial charge >= 0.3 is 7.60 Å². The van der Waals surface area contributed by atoms with Gasteiger partial charge in [-0.2, -0.15) is 0 Å². The van der Waals surface area contributed by atoms with Gasteiger partial charge in [-0.1, -0.05) is 87.2 Å². The first-order valence-electron chi connectivity index (χ1n) is 9.77. The zero-order chi connectivity index (χ0) is 20.1. The number of aryl methyl sites for hydroxylation is 1. The van der Waals surface area contributed by atoms with Crippen LogP contribution in [0, 0.1) is 6.92 Å². The van der Waals surface area contributed by atoms with Gasteiger partial charge in [0.05, 0.1) is 6.16 Å². The van der Waals surface area contributed by atoms with Crippen molar-refractivity contribution in [1.82, 2.24) is 5.32 Å². The van der Waals surface area contributed by atoms with Gasteiger partial charge in [-0.3, -0.25) is 4.57 Å². The van der Waals surface area contributed by atoms with E-state index < -0.39 is 7.60 Å². The number of hydrogen-bond acceptors (Lipinski definition) is 2. The first-order chi connectivity index (χ1) is 12.9. The Hall–Kier alpha value is -1.45. The highest BCUT2D eigenvalue weighted by atomic mass is 31.2. The van der Waals surface area contributed by atoms with E-state index in [4.69, 9.17) is 9.79 Å². The van der Waals surface area contributed by atoms with Gasteiger partial charge in [0.25, 0.3) is 0 Å². The van der Waals surface area contributed by atoms with Crippen molar-refractivity contribution in [2.24, 2.45) is 0 Å². The molecular formula is C22H34NO3P. The number of rotatable bonds is 9. The van der Waals surface area contributed by atoms with E-state index in [-0.39, 0.29) is 6.16 Å². The molecule has 0 aliphatic carbocycles. The molecule has 0 aliphatic rings. The Morgan fingerprint density at radius 1 is 0.926 bits per heavy atom. The lowest BCUT2D eigenvalue weighted by atomic mass is 10.0. The molecular weight excluding hydrogens is 357 g/mol. The lowest BCUT2D eigenvalue weighted by Crippen LogP contribution is -2.15. The predicted octanol–water partition coefficient (Wildman–Crippen LogP) is 5.52. The zero-order valence-corrected chi connectivity index (χ0v) is 17.7. The Balaban J connectivity index is 0.000000646. The second kappa shape index (κ2) is 12.9. The van der Waals surface area contributed by atoms with Crippen LogP contribution < -0.4 is 5.32 Å². The van der Waals surface area contributed by atoms with Crippen molar-refractivity contribution in [3.05, 3.63) is 59.7 Å². The van der Waals surface area contributed by atoms with Crippen molar-refractivity contribution in [2.75, 3.05) is 12.7 Å². The minimum atomic E-state index is -3.86. The van der Waals surface area contributed by atoms with Gasteiger partial charge in [-0.05, 0) is 36.6 Å². The number of benzene rings is 2. The molecule has 2 rings (SSSR count). The molecule has 0 bridgehead atoms. The number of hydrogen-bond donors (Lipinski definition) is 3. The summed E-state index contributed by atoms with van der Waals surface area (Å²) in [7, 11) is -3.86. The largest absolute Gasteiger partial charge is 0.325 e. The highest BCUT2D eigenvalue weighted by Gasteiger charge is 2.10. The van der Waals surface area contributed by atoms with Crippen LogP contribution in [0.2, 0.25) is 0 Å². The number of nitrogens with one attached hydrogen (secondary N) is 1. The predicted molar refractivity (Wildman–Crippen MR) is 115 cm³/mol. The molecule has 0 fully saturated rings. The van der Waals surface area contributed by atoms with Gasteiger partial charge in [0.15, 0.2) is 0 Å². The topological polar surface area (TPSA) is 69.6 Å². The molecule has 0 unspecified atom stereocenters. The highest BCUT2D eigenvalue weighted by molar-refractivity contribution is 7.51. The molecule has 0 aromatic heterocycles. The van der Waals surface area contributed by atoms with Crippen molar-refractivity contribution in [1.29, 1.82) is 0 Å². The molecule has 2 aromatic carbocycles. The highest BCUT2D eigenvalue weighted by Crippen LogP contribution is 2.34. The Morgan fingerprint density at radius 2 is 1.59 bits per heavy atom. The second-order valence-electron chi connectivity index (χ2n) is 6.84. The van der Waals surface area contributed by atoms with Crippen LogP contribution >= 0.6 is 7.60 Å². The zero-order valence-electron chi connectivity index (χ0n) is 16.8. The summed E-state index contributed by atoms with van der Waals surface area (Å²) in [5.74, 6) is 0. The summed E-state index contributed by atoms with van der Waals surface area (Å²) in [5, 5.41) is 3.20.